The highest BCUT2D eigenvalue weighted by Gasteiger charge is 2.19. The van der Waals surface area contributed by atoms with Crippen LogP contribution in [0.5, 0.6) is 0 Å². The number of rotatable bonds is 6. The molecule has 5 heteroatoms. The first-order valence-electron chi connectivity index (χ1n) is 8.24. The number of carbonyl (C=O) groups is 2. The van der Waals surface area contributed by atoms with Gasteiger partial charge >= 0.3 is 5.97 Å². The summed E-state index contributed by atoms with van der Waals surface area (Å²) in [6, 6.07) is 19.2. The van der Waals surface area contributed by atoms with E-state index >= 15 is 0 Å². The van der Waals surface area contributed by atoms with Gasteiger partial charge in [0.15, 0.2) is 6.10 Å². The van der Waals surface area contributed by atoms with Crippen molar-refractivity contribution >= 4 is 22.8 Å². The second kappa shape index (κ2) is 7.66. The van der Waals surface area contributed by atoms with Gasteiger partial charge in [-0.2, -0.15) is 0 Å². The third kappa shape index (κ3) is 4.26. The number of carbonyl (C=O) groups excluding carboxylic acids is 2. The van der Waals surface area contributed by atoms with Gasteiger partial charge in [0, 0.05) is 17.4 Å². The van der Waals surface area contributed by atoms with E-state index in [0.717, 1.165) is 22.9 Å². The third-order valence-corrected chi connectivity index (χ3v) is 3.96. The maximum atomic E-state index is 12.2. The number of hydrogen-bond acceptors (Lipinski definition) is 3. The Balaban J connectivity index is 1.51. The van der Waals surface area contributed by atoms with Crippen LogP contribution >= 0.6 is 0 Å². The lowest BCUT2D eigenvalue weighted by molar-refractivity contribution is -0.129. The highest BCUT2D eigenvalue weighted by molar-refractivity contribution is 5.96. The van der Waals surface area contributed by atoms with E-state index in [9.17, 15) is 9.59 Å². The van der Waals surface area contributed by atoms with Crippen molar-refractivity contribution in [2.75, 3.05) is 6.54 Å². The summed E-state index contributed by atoms with van der Waals surface area (Å²) in [7, 11) is 0. The van der Waals surface area contributed by atoms with E-state index in [-0.39, 0.29) is 5.91 Å². The zero-order valence-corrected chi connectivity index (χ0v) is 14.0. The number of aromatic nitrogens is 1. The van der Waals surface area contributed by atoms with Crippen molar-refractivity contribution in [1.82, 2.24) is 10.3 Å². The molecule has 5 nitrogen and oxygen atoms in total. The fourth-order valence-corrected chi connectivity index (χ4v) is 2.58. The van der Waals surface area contributed by atoms with Crippen LogP contribution in [0.1, 0.15) is 23.0 Å². The fraction of sp³-hybridized carbons (Fsp3) is 0.200. The molecule has 2 N–H and O–H groups in total. The van der Waals surface area contributed by atoms with E-state index in [2.05, 4.69) is 10.3 Å². The number of nitrogens with one attached hydrogen (secondary N) is 2. The summed E-state index contributed by atoms with van der Waals surface area (Å²) < 4.78 is 5.25. The van der Waals surface area contributed by atoms with Gasteiger partial charge in [-0.3, -0.25) is 4.79 Å². The number of amides is 1. The Morgan fingerprint density at radius 2 is 1.80 bits per heavy atom. The summed E-state index contributed by atoms with van der Waals surface area (Å²) in [6.07, 6.45) is -0.121. The van der Waals surface area contributed by atoms with Crippen molar-refractivity contribution < 1.29 is 14.3 Å². The Labute approximate surface area is 146 Å². The van der Waals surface area contributed by atoms with Gasteiger partial charge in [-0.1, -0.05) is 48.5 Å². The summed E-state index contributed by atoms with van der Waals surface area (Å²) in [5.41, 5.74) is 2.34. The normalized spacial score (nSPS) is 11.9. The maximum absolute atomic E-state index is 12.2. The molecule has 0 radical (unpaired) electrons. The number of H-pyrrole nitrogens is 1. The lowest BCUT2D eigenvalue weighted by atomic mass is 10.1. The average Bonchev–Trinajstić information content (AvgIpc) is 3.07. The Morgan fingerprint density at radius 1 is 1.08 bits per heavy atom. The van der Waals surface area contributed by atoms with Crippen LogP contribution in [0.3, 0.4) is 0 Å². The number of ether oxygens (including phenoxy) is 1. The van der Waals surface area contributed by atoms with Crippen LogP contribution in [0, 0.1) is 0 Å². The molecular formula is C20H20N2O3. The standard InChI is InChI=1S/C20H20N2O3/c1-14(19(23)21-12-11-15-7-3-2-4-8-15)25-20(24)18-13-16-9-5-6-10-17(16)22-18/h2-10,13-14,22H,11-12H2,1H3,(H,21,23). The Bertz CT molecular complexity index is 838. The van der Waals surface area contributed by atoms with Crippen molar-refractivity contribution in [3.05, 3.63) is 71.9 Å². The quantitative estimate of drug-likeness (QED) is 0.680. The van der Waals surface area contributed by atoms with Crippen LogP contribution in [0.25, 0.3) is 10.9 Å². The fourth-order valence-electron chi connectivity index (χ4n) is 2.58. The second-order valence-electron chi connectivity index (χ2n) is 5.84. The highest BCUT2D eigenvalue weighted by atomic mass is 16.5. The van der Waals surface area contributed by atoms with E-state index in [1.807, 2.05) is 54.6 Å². The summed E-state index contributed by atoms with van der Waals surface area (Å²) >= 11 is 0. The Morgan fingerprint density at radius 3 is 2.56 bits per heavy atom. The van der Waals surface area contributed by atoms with Crippen molar-refractivity contribution in [1.29, 1.82) is 0 Å². The van der Waals surface area contributed by atoms with Crippen molar-refractivity contribution in [3.8, 4) is 0 Å². The van der Waals surface area contributed by atoms with Gasteiger partial charge in [0.1, 0.15) is 5.69 Å². The van der Waals surface area contributed by atoms with Gasteiger partial charge in [0.2, 0.25) is 0 Å². The van der Waals surface area contributed by atoms with Gasteiger partial charge in [-0.15, -0.1) is 0 Å². The first kappa shape index (κ1) is 16.8. The smallest absolute Gasteiger partial charge is 0.355 e. The minimum absolute atomic E-state index is 0.305. The van der Waals surface area contributed by atoms with Crippen molar-refractivity contribution in [2.24, 2.45) is 0 Å². The number of aromatic amines is 1. The minimum atomic E-state index is -0.852. The largest absolute Gasteiger partial charge is 0.448 e. The predicted molar refractivity (Wildman–Crippen MR) is 96.3 cm³/mol. The van der Waals surface area contributed by atoms with Gasteiger partial charge in [0.25, 0.3) is 5.91 Å². The zero-order chi connectivity index (χ0) is 17.6. The molecule has 25 heavy (non-hydrogen) atoms. The van der Waals surface area contributed by atoms with E-state index in [0.29, 0.717) is 12.2 Å². The van der Waals surface area contributed by atoms with Crippen molar-refractivity contribution in [3.63, 3.8) is 0 Å². The Hall–Kier alpha value is -3.08. The summed E-state index contributed by atoms with van der Waals surface area (Å²) in [6.45, 7) is 2.07. The molecule has 3 rings (SSSR count). The monoisotopic (exact) mass is 336 g/mol. The third-order valence-electron chi connectivity index (χ3n) is 3.96. The lowest BCUT2D eigenvalue weighted by Gasteiger charge is -2.13. The van der Waals surface area contributed by atoms with Crippen LogP contribution in [-0.4, -0.2) is 29.5 Å². The van der Waals surface area contributed by atoms with Gasteiger partial charge in [-0.25, -0.2) is 4.79 Å². The van der Waals surface area contributed by atoms with Gasteiger partial charge in [0.05, 0.1) is 0 Å². The molecule has 0 saturated heterocycles. The molecule has 1 atom stereocenters. The number of benzene rings is 2. The van der Waals surface area contributed by atoms with E-state index in [4.69, 9.17) is 4.74 Å². The molecule has 0 aliphatic heterocycles. The topological polar surface area (TPSA) is 71.2 Å². The molecule has 0 spiro atoms. The highest BCUT2D eigenvalue weighted by Crippen LogP contribution is 2.15. The lowest BCUT2D eigenvalue weighted by Crippen LogP contribution is -2.36. The average molecular weight is 336 g/mol. The molecule has 128 valence electrons. The molecular weight excluding hydrogens is 316 g/mol. The predicted octanol–water partition coefficient (Wildman–Crippen LogP) is 3.07. The van der Waals surface area contributed by atoms with Crippen molar-refractivity contribution in [2.45, 2.75) is 19.4 Å². The molecule has 1 heterocycles. The Kier molecular flexibility index (Phi) is 5.14. The number of esters is 1. The molecule has 0 saturated carbocycles. The van der Waals surface area contributed by atoms with E-state index in [1.54, 1.807) is 13.0 Å². The number of fused-ring (bicyclic) bond motifs is 1. The molecule has 1 aromatic heterocycles. The molecule has 0 bridgehead atoms. The SMILES string of the molecule is CC(OC(=O)c1cc2ccccc2[nH]1)C(=O)NCCc1ccccc1. The molecule has 0 aliphatic carbocycles. The molecule has 0 aliphatic rings. The van der Waals surface area contributed by atoms with Crippen LogP contribution < -0.4 is 5.32 Å². The summed E-state index contributed by atoms with van der Waals surface area (Å²) in [5.74, 6) is -0.845. The molecule has 1 unspecified atom stereocenters. The van der Waals surface area contributed by atoms with Crippen LogP contribution in [0.2, 0.25) is 0 Å². The van der Waals surface area contributed by atoms with Crippen LogP contribution in [0.4, 0.5) is 0 Å². The zero-order valence-electron chi connectivity index (χ0n) is 14.0. The molecule has 1 amide bonds. The maximum Gasteiger partial charge on any atom is 0.355 e. The van der Waals surface area contributed by atoms with Crippen LogP contribution in [0.15, 0.2) is 60.7 Å². The summed E-state index contributed by atoms with van der Waals surface area (Å²) in [4.78, 5) is 27.3. The number of para-hydroxylation sites is 1. The minimum Gasteiger partial charge on any atom is -0.448 e. The van der Waals surface area contributed by atoms with Gasteiger partial charge in [-0.05, 0) is 31.0 Å². The van der Waals surface area contributed by atoms with E-state index < -0.39 is 12.1 Å². The molecule has 3 aromatic rings. The second-order valence-corrected chi connectivity index (χ2v) is 5.84. The first-order valence-corrected chi connectivity index (χ1v) is 8.24. The van der Waals surface area contributed by atoms with Gasteiger partial charge < -0.3 is 15.0 Å². The summed E-state index contributed by atoms with van der Waals surface area (Å²) in [5, 5.41) is 3.71. The first-order chi connectivity index (χ1) is 12.1. The molecule has 0 fully saturated rings. The van der Waals surface area contributed by atoms with E-state index in [1.165, 1.54) is 0 Å². The number of hydrogen-bond donors (Lipinski definition) is 2. The van der Waals surface area contributed by atoms with Crippen LogP contribution in [-0.2, 0) is 16.0 Å². The molecule has 2 aromatic carbocycles.